The van der Waals surface area contributed by atoms with Crippen molar-refractivity contribution in [2.45, 2.75) is 6.54 Å². The molecule has 0 fully saturated rings. The Morgan fingerprint density at radius 3 is 2.50 bits per heavy atom. The lowest BCUT2D eigenvalue weighted by molar-refractivity contribution is 0.415. The molecular weight excluding hydrogens is 302 g/mol. The average molecular weight is 323 g/mol. The van der Waals surface area contributed by atoms with Gasteiger partial charge in [-0.1, -0.05) is 0 Å². The molecule has 2 N–H and O–H groups in total. The van der Waals surface area contributed by atoms with Gasteiger partial charge in [0.15, 0.2) is 0 Å². The average Bonchev–Trinajstić information content (AvgIpc) is 2.59. The van der Waals surface area contributed by atoms with Gasteiger partial charge in [-0.15, -0.1) is 0 Å². The van der Waals surface area contributed by atoms with E-state index in [1.54, 1.807) is 7.11 Å². The SMILES string of the molecule is COc1ccc2cc(CNc3ccc(N(C)C)cc3)c(=O)[nH]c2c1. The predicted octanol–water partition coefficient (Wildman–Crippen LogP) is 3.21. The molecule has 0 aliphatic carbocycles. The highest BCUT2D eigenvalue weighted by Gasteiger charge is 2.04. The fourth-order valence-electron chi connectivity index (χ4n) is 2.56. The van der Waals surface area contributed by atoms with Gasteiger partial charge in [0.25, 0.3) is 5.56 Å². The van der Waals surface area contributed by atoms with E-state index in [1.807, 2.05) is 67.5 Å². The van der Waals surface area contributed by atoms with E-state index in [2.05, 4.69) is 10.3 Å². The van der Waals surface area contributed by atoms with Crippen LogP contribution in [0.15, 0.2) is 53.3 Å². The molecule has 0 radical (unpaired) electrons. The third-order valence-corrected chi connectivity index (χ3v) is 4.00. The van der Waals surface area contributed by atoms with Gasteiger partial charge in [-0.05, 0) is 47.9 Å². The fraction of sp³-hybridized carbons (Fsp3) is 0.211. The predicted molar refractivity (Wildman–Crippen MR) is 99.2 cm³/mol. The third kappa shape index (κ3) is 3.35. The van der Waals surface area contributed by atoms with Gasteiger partial charge < -0.3 is 19.9 Å². The summed E-state index contributed by atoms with van der Waals surface area (Å²) in [5.41, 5.74) is 3.50. The van der Waals surface area contributed by atoms with Crippen molar-refractivity contribution in [2.24, 2.45) is 0 Å². The fourth-order valence-corrected chi connectivity index (χ4v) is 2.56. The Bertz CT molecular complexity index is 899. The van der Waals surface area contributed by atoms with E-state index in [0.717, 1.165) is 28.0 Å². The van der Waals surface area contributed by atoms with Gasteiger partial charge in [0.1, 0.15) is 5.75 Å². The molecule has 24 heavy (non-hydrogen) atoms. The summed E-state index contributed by atoms with van der Waals surface area (Å²) in [6.45, 7) is 0.471. The largest absolute Gasteiger partial charge is 0.497 e. The highest BCUT2D eigenvalue weighted by Crippen LogP contribution is 2.19. The van der Waals surface area contributed by atoms with Crippen LogP contribution in [0.25, 0.3) is 10.9 Å². The maximum absolute atomic E-state index is 12.3. The van der Waals surface area contributed by atoms with E-state index in [4.69, 9.17) is 4.74 Å². The number of methoxy groups -OCH3 is 1. The van der Waals surface area contributed by atoms with E-state index >= 15 is 0 Å². The number of hydrogen-bond donors (Lipinski definition) is 2. The molecule has 5 heteroatoms. The first-order chi connectivity index (χ1) is 11.6. The Kier molecular flexibility index (Phi) is 4.42. The lowest BCUT2D eigenvalue weighted by atomic mass is 10.1. The number of nitrogens with one attached hydrogen (secondary N) is 2. The molecule has 124 valence electrons. The van der Waals surface area contributed by atoms with Gasteiger partial charge in [-0.25, -0.2) is 0 Å². The number of fused-ring (bicyclic) bond motifs is 1. The van der Waals surface area contributed by atoms with Crippen LogP contribution in [-0.4, -0.2) is 26.2 Å². The molecule has 0 bridgehead atoms. The number of nitrogens with zero attached hydrogens (tertiary/aromatic N) is 1. The number of rotatable bonds is 5. The molecule has 2 aromatic carbocycles. The quantitative estimate of drug-likeness (QED) is 0.757. The van der Waals surface area contributed by atoms with Gasteiger partial charge in [0.05, 0.1) is 12.6 Å². The highest BCUT2D eigenvalue weighted by atomic mass is 16.5. The molecule has 5 nitrogen and oxygen atoms in total. The first-order valence-corrected chi connectivity index (χ1v) is 7.78. The van der Waals surface area contributed by atoms with Crippen LogP contribution in [0, 0.1) is 0 Å². The number of aromatic nitrogens is 1. The summed E-state index contributed by atoms with van der Waals surface area (Å²) in [5.74, 6) is 0.727. The summed E-state index contributed by atoms with van der Waals surface area (Å²) in [6, 6.07) is 15.7. The molecule has 0 saturated heterocycles. The molecule has 1 aromatic heterocycles. The molecule has 3 aromatic rings. The summed E-state index contributed by atoms with van der Waals surface area (Å²) in [7, 11) is 5.62. The number of aromatic amines is 1. The van der Waals surface area contributed by atoms with Crippen molar-refractivity contribution in [2.75, 3.05) is 31.4 Å². The summed E-state index contributed by atoms with van der Waals surface area (Å²) in [5, 5.41) is 4.27. The second-order valence-corrected chi connectivity index (χ2v) is 5.87. The van der Waals surface area contributed by atoms with E-state index in [-0.39, 0.29) is 5.56 Å². The van der Waals surface area contributed by atoms with Gasteiger partial charge in [-0.3, -0.25) is 4.79 Å². The van der Waals surface area contributed by atoms with Crippen LogP contribution in [0.4, 0.5) is 11.4 Å². The minimum absolute atomic E-state index is 0.0897. The number of ether oxygens (including phenoxy) is 1. The number of benzene rings is 2. The zero-order chi connectivity index (χ0) is 17.1. The molecule has 0 spiro atoms. The Balaban J connectivity index is 1.79. The third-order valence-electron chi connectivity index (χ3n) is 4.00. The molecule has 0 atom stereocenters. The van der Waals surface area contributed by atoms with E-state index in [1.165, 1.54) is 0 Å². The molecule has 3 rings (SSSR count). The lowest BCUT2D eigenvalue weighted by Crippen LogP contribution is -2.15. The summed E-state index contributed by atoms with van der Waals surface area (Å²) in [6.07, 6.45) is 0. The van der Waals surface area contributed by atoms with Crippen molar-refractivity contribution in [1.82, 2.24) is 4.98 Å². The summed E-state index contributed by atoms with van der Waals surface area (Å²) >= 11 is 0. The number of hydrogen-bond acceptors (Lipinski definition) is 4. The maximum Gasteiger partial charge on any atom is 0.253 e. The topological polar surface area (TPSA) is 57.4 Å². The zero-order valence-corrected chi connectivity index (χ0v) is 14.1. The smallest absolute Gasteiger partial charge is 0.253 e. The molecule has 0 unspecified atom stereocenters. The zero-order valence-electron chi connectivity index (χ0n) is 14.1. The molecule has 0 amide bonds. The Hall–Kier alpha value is -2.95. The Labute approximate surface area is 140 Å². The highest BCUT2D eigenvalue weighted by molar-refractivity contribution is 5.80. The minimum Gasteiger partial charge on any atom is -0.497 e. The maximum atomic E-state index is 12.3. The first kappa shape index (κ1) is 15.9. The molecule has 0 aliphatic rings. The van der Waals surface area contributed by atoms with Gasteiger partial charge >= 0.3 is 0 Å². The van der Waals surface area contributed by atoms with Crippen molar-refractivity contribution in [3.63, 3.8) is 0 Å². The van der Waals surface area contributed by atoms with Crippen LogP contribution in [0.2, 0.25) is 0 Å². The van der Waals surface area contributed by atoms with Crippen molar-refractivity contribution in [3.05, 3.63) is 64.4 Å². The van der Waals surface area contributed by atoms with Crippen LogP contribution < -0.4 is 20.5 Å². The molecule has 0 aliphatic heterocycles. The van der Waals surface area contributed by atoms with Gasteiger partial charge in [0.2, 0.25) is 0 Å². The lowest BCUT2D eigenvalue weighted by Gasteiger charge is -2.13. The van der Waals surface area contributed by atoms with E-state index in [9.17, 15) is 4.79 Å². The second-order valence-electron chi connectivity index (χ2n) is 5.87. The molecular formula is C19H21N3O2. The van der Waals surface area contributed by atoms with E-state index in [0.29, 0.717) is 12.1 Å². The van der Waals surface area contributed by atoms with Crippen LogP contribution in [0.1, 0.15) is 5.56 Å². The van der Waals surface area contributed by atoms with Crippen molar-refractivity contribution >= 4 is 22.3 Å². The first-order valence-electron chi connectivity index (χ1n) is 7.78. The van der Waals surface area contributed by atoms with Crippen LogP contribution in [-0.2, 0) is 6.54 Å². The van der Waals surface area contributed by atoms with Crippen LogP contribution in [0.3, 0.4) is 0 Å². The number of anilines is 2. The minimum atomic E-state index is -0.0897. The molecule has 0 saturated carbocycles. The normalized spacial score (nSPS) is 10.6. The standard InChI is InChI=1S/C19H21N3O2/c1-22(2)16-7-5-15(6-8-16)20-12-14-10-13-4-9-17(24-3)11-18(13)21-19(14)23/h4-11,20H,12H2,1-3H3,(H,21,23). The second kappa shape index (κ2) is 6.66. The molecule has 1 heterocycles. The van der Waals surface area contributed by atoms with Gasteiger partial charge in [-0.2, -0.15) is 0 Å². The van der Waals surface area contributed by atoms with Gasteiger partial charge in [0, 0.05) is 43.6 Å². The Morgan fingerprint density at radius 2 is 1.83 bits per heavy atom. The monoisotopic (exact) mass is 323 g/mol. The van der Waals surface area contributed by atoms with Crippen molar-refractivity contribution in [1.29, 1.82) is 0 Å². The summed E-state index contributed by atoms with van der Waals surface area (Å²) in [4.78, 5) is 17.2. The van der Waals surface area contributed by atoms with Crippen molar-refractivity contribution < 1.29 is 4.74 Å². The van der Waals surface area contributed by atoms with Crippen LogP contribution in [0.5, 0.6) is 5.75 Å². The van der Waals surface area contributed by atoms with Crippen molar-refractivity contribution in [3.8, 4) is 5.75 Å². The number of pyridine rings is 1. The Morgan fingerprint density at radius 1 is 1.08 bits per heavy atom. The number of H-pyrrole nitrogens is 1. The van der Waals surface area contributed by atoms with E-state index < -0.39 is 0 Å². The van der Waals surface area contributed by atoms with Crippen LogP contribution >= 0.6 is 0 Å². The summed E-state index contributed by atoms with van der Waals surface area (Å²) < 4.78 is 5.19.